The Hall–Kier alpha value is -3.20. The summed E-state index contributed by atoms with van der Waals surface area (Å²) in [6.45, 7) is 6.22. The predicted octanol–water partition coefficient (Wildman–Crippen LogP) is 6.58. The molecule has 2 atom stereocenters. The van der Waals surface area contributed by atoms with Crippen LogP contribution in [0.2, 0.25) is 0 Å². The highest BCUT2D eigenvalue weighted by Gasteiger charge is 2.53. The highest BCUT2D eigenvalue weighted by molar-refractivity contribution is 6.00. The van der Waals surface area contributed by atoms with Crippen molar-refractivity contribution in [1.82, 2.24) is 20.4 Å². The molecule has 0 saturated heterocycles. The monoisotopic (exact) mass is 635 g/mol. The molecule has 2 fully saturated rings. The highest BCUT2D eigenvalue weighted by atomic mass is 16.5. The van der Waals surface area contributed by atoms with Gasteiger partial charge in [0.25, 0.3) is 5.91 Å². The van der Waals surface area contributed by atoms with Crippen molar-refractivity contribution < 1.29 is 19.1 Å². The first kappa shape index (κ1) is 35.7. The summed E-state index contributed by atoms with van der Waals surface area (Å²) in [5.74, 6) is 0.128. The molecule has 1 aromatic carbocycles. The zero-order chi connectivity index (χ0) is 32.8. The van der Waals surface area contributed by atoms with Crippen molar-refractivity contribution in [1.29, 1.82) is 0 Å². The average molecular weight is 636 g/mol. The Morgan fingerprint density at radius 2 is 1.80 bits per heavy atom. The van der Waals surface area contributed by atoms with E-state index in [0.717, 1.165) is 62.7 Å². The fraction of sp³-hybridized carbons (Fsp3) is 0.676. The second-order valence-corrected chi connectivity index (χ2v) is 13.8. The number of amides is 3. The van der Waals surface area contributed by atoms with E-state index < -0.39 is 6.04 Å². The Balaban J connectivity index is 1.29. The number of hydrogen-bond donors (Lipinski definition) is 3. The summed E-state index contributed by atoms with van der Waals surface area (Å²) in [6.07, 6.45) is 17.5. The first-order valence-electron chi connectivity index (χ1n) is 17.8. The number of anilines is 1. The number of nitrogens with zero attached hydrogens (tertiary/aromatic N) is 2. The number of aryl methyl sites for hydroxylation is 2. The standard InChI is InChI=1S/C37H57N5O4/c1-4-5-6-7-11-23-38-32(43)20-26-46-25-13-15-28-14-12-18-30(27-28)40-36(45)34(41-35(44)31-19-24-39-42(31)3)33(37(2)21-22-37)29-16-9-8-10-17-29/h12,14,18-19,24,27,29,33-34H,4-11,13,15-17,20-23,25-26H2,1-3H3,(H,38,43)(H,40,45)(H,41,44)/t33?,34-/m0/s1. The van der Waals surface area contributed by atoms with E-state index in [1.165, 1.54) is 44.9 Å². The number of carbonyl (C=O) groups excluding carboxylic acids is 3. The highest BCUT2D eigenvalue weighted by Crippen LogP contribution is 2.57. The van der Waals surface area contributed by atoms with Crippen molar-refractivity contribution in [2.75, 3.05) is 25.1 Å². The lowest BCUT2D eigenvalue weighted by molar-refractivity contribution is -0.122. The van der Waals surface area contributed by atoms with Crippen LogP contribution in [0.1, 0.15) is 120 Å². The Labute approximate surface area is 276 Å². The van der Waals surface area contributed by atoms with Gasteiger partial charge in [0, 0.05) is 38.5 Å². The molecule has 0 spiro atoms. The summed E-state index contributed by atoms with van der Waals surface area (Å²) < 4.78 is 7.29. The Kier molecular flexibility index (Phi) is 14.1. The van der Waals surface area contributed by atoms with E-state index in [2.05, 4.69) is 41.0 Å². The molecule has 9 nitrogen and oxygen atoms in total. The summed E-state index contributed by atoms with van der Waals surface area (Å²) in [5, 5.41) is 13.5. The summed E-state index contributed by atoms with van der Waals surface area (Å²) in [6, 6.07) is 9.00. The maximum atomic E-state index is 14.1. The van der Waals surface area contributed by atoms with Crippen LogP contribution in [-0.4, -0.2) is 53.3 Å². The molecule has 3 N–H and O–H groups in total. The molecule has 46 heavy (non-hydrogen) atoms. The zero-order valence-electron chi connectivity index (χ0n) is 28.5. The fourth-order valence-electron chi connectivity index (χ4n) is 7.11. The minimum Gasteiger partial charge on any atom is -0.381 e. The SMILES string of the molecule is CCCCCCCNC(=O)CCOCCCc1cccc(NC(=O)[C@@H](NC(=O)c2ccnn2C)C(C2CCCCC2)C2(C)CC2)c1. The molecule has 0 bridgehead atoms. The van der Waals surface area contributed by atoms with E-state index in [9.17, 15) is 14.4 Å². The second kappa shape index (κ2) is 18.2. The van der Waals surface area contributed by atoms with Crippen LogP contribution < -0.4 is 16.0 Å². The van der Waals surface area contributed by atoms with Gasteiger partial charge in [0.15, 0.2) is 0 Å². The van der Waals surface area contributed by atoms with Gasteiger partial charge in [0.1, 0.15) is 11.7 Å². The first-order valence-corrected chi connectivity index (χ1v) is 17.8. The average Bonchev–Trinajstić information content (AvgIpc) is 3.64. The lowest BCUT2D eigenvalue weighted by Crippen LogP contribution is -2.53. The lowest BCUT2D eigenvalue weighted by Gasteiger charge is -2.39. The first-order chi connectivity index (χ1) is 22.3. The number of benzene rings is 1. The van der Waals surface area contributed by atoms with Crippen LogP contribution in [0.5, 0.6) is 0 Å². The normalized spacial score (nSPS) is 17.2. The molecule has 0 radical (unpaired) electrons. The summed E-state index contributed by atoms with van der Waals surface area (Å²) in [4.78, 5) is 39.5. The summed E-state index contributed by atoms with van der Waals surface area (Å²) in [7, 11) is 1.75. The quantitative estimate of drug-likeness (QED) is 0.142. The number of rotatable bonds is 20. The van der Waals surface area contributed by atoms with E-state index in [-0.39, 0.29) is 29.1 Å². The second-order valence-electron chi connectivity index (χ2n) is 13.8. The van der Waals surface area contributed by atoms with E-state index in [1.807, 2.05) is 18.2 Å². The van der Waals surface area contributed by atoms with Crippen molar-refractivity contribution in [3.05, 3.63) is 47.8 Å². The van der Waals surface area contributed by atoms with Gasteiger partial charge in [-0.1, -0.05) is 83.8 Å². The summed E-state index contributed by atoms with van der Waals surface area (Å²) >= 11 is 0. The number of nitrogens with one attached hydrogen (secondary N) is 3. The van der Waals surface area contributed by atoms with Crippen LogP contribution in [0, 0.1) is 17.3 Å². The van der Waals surface area contributed by atoms with Crippen molar-refractivity contribution in [3.63, 3.8) is 0 Å². The number of carbonyl (C=O) groups is 3. The molecule has 1 heterocycles. The number of aromatic nitrogens is 2. The molecule has 1 unspecified atom stereocenters. The van der Waals surface area contributed by atoms with Crippen LogP contribution in [-0.2, 0) is 27.8 Å². The predicted molar refractivity (Wildman–Crippen MR) is 182 cm³/mol. The smallest absolute Gasteiger partial charge is 0.270 e. The zero-order valence-corrected chi connectivity index (χ0v) is 28.5. The topological polar surface area (TPSA) is 114 Å². The van der Waals surface area contributed by atoms with E-state index in [4.69, 9.17) is 4.74 Å². The van der Waals surface area contributed by atoms with E-state index in [1.54, 1.807) is 24.0 Å². The van der Waals surface area contributed by atoms with Gasteiger partial charge in [0.2, 0.25) is 11.8 Å². The molecule has 1 aromatic heterocycles. The van der Waals surface area contributed by atoms with Gasteiger partial charge in [-0.3, -0.25) is 19.1 Å². The Morgan fingerprint density at radius 3 is 2.52 bits per heavy atom. The van der Waals surface area contributed by atoms with Gasteiger partial charge in [-0.05, 0) is 73.1 Å². The lowest BCUT2D eigenvalue weighted by atomic mass is 9.69. The van der Waals surface area contributed by atoms with Gasteiger partial charge >= 0.3 is 0 Å². The molecular weight excluding hydrogens is 578 g/mol. The van der Waals surface area contributed by atoms with E-state index in [0.29, 0.717) is 31.2 Å². The molecule has 2 aliphatic carbocycles. The van der Waals surface area contributed by atoms with Crippen molar-refractivity contribution in [3.8, 4) is 0 Å². The van der Waals surface area contributed by atoms with Crippen LogP contribution in [0.25, 0.3) is 0 Å². The Morgan fingerprint density at radius 1 is 1.02 bits per heavy atom. The number of unbranched alkanes of at least 4 members (excludes halogenated alkanes) is 4. The maximum absolute atomic E-state index is 14.1. The molecule has 3 amide bonds. The fourth-order valence-corrected chi connectivity index (χ4v) is 7.11. The molecule has 254 valence electrons. The van der Waals surface area contributed by atoms with Crippen molar-refractivity contribution in [2.45, 2.75) is 116 Å². The molecule has 9 heteroatoms. The molecule has 0 aliphatic heterocycles. The maximum Gasteiger partial charge on any atom is 0.270 e. The largest absolute Gasteiger partial charge is 0.381 e. The third-order valence-corrected chi connectivity index (χ3v) is 10.0. The van der Waals surface area contributed by atoms with Crippen molar-refractivity contribution in [2.24, 2.45) is 24.3 Å². The summed E-state index contributed by atoms with van der Waals surface area (Å²) in [5.41, 5.74) is 2.35. The van der Waals surface area contributed by atoms with E-state index >= 15 is 0 Å². The Bertz CT molecular complexity index is 1250. The van der Waals surface area contributed by atoms with Gasteiger partial charge in [-0.15, -0.1) is 0 Å². The molecule has 2 aromatic rings. The van der Waals surface area contributed by atoms with Gasteiger partial charge in [0.05, 0.1) is 6.61 Å². The minimum absolute atomic E-state index is 0.0511. The molecule has 2 saturated carbocycles. The van der Waals surface area contributed by atoms with Crippen LogP contribution in [0.15, 0.2) is 36.5 Å². The molecule has 4 rings (SSSR count). The van der Waals surface area contributed by atoms with Crippen LogP contribution in [0.3, 0.4) is 0 Å². The third kappa shape index (κ3) is 11.0. The van der Waals surface area contributed by atoms with Crippen molar-refractivity contribution >= 4 is 23.4 Å². The molecule has 2 aliphatic rings. The van der Waals surface area contributed by atoms with Crippen LogP contribution in [0.4, 0.5) is 5.69 Å². The third-order valence-electron chi connectivity index (χ3n) is 10.0. The van der Waals surface area contributed by atoms with Gasteiger partial charge in [-0.25, -0.2) is 0 Å². The number of ether oxygens (including phenoxy) is 1. The van der Waals surface area contributed by atoms with Gasteiger partial charge < -0.3 is 20.7 Å². The van der Waals surface area contributed by atoms with Gasteiger partial charge in [-0.2, -0.15) is 5.10 Å². The molecular formula is C37H57N5O4. The minimum atomic E-state index is -0.631. The van der Waals surface area contributed by atoms with Crippen LogP contribution >= 0.6 is 0 Å². The number of hydrogen-bond acceptors (Lipinski definition) is 5.